The molecule has 8 nitrogen and oxygen atoms in total. The van der Waals surface area contributed by atoms with Crippen LogP contribution >= 0.6 is 11.6 Å². The van der Waals surface area contributed by atoms with E-state index in [2.05, 4.69) is 5.16 Å². The molecule has 220 valence electrons. The first-order valence-corrected chi connectivity index (χ1v) is 14.0. The standard InChI is InChI=1S/C32H32ClFN2O6/c1-20(22-5-3-21(4-6-22)16-31(38)39)15-30(37)36-19-27(35-42-28-12-9-26(34)10-13-28)11-7-23(32(36)40)17-24-18-25(33)8-14-29(24)41-2/h3-6,8-10,12-14,18,20,23H,7,11,15-17,19H2,1-2H3,(H,38,39)/b35-27+/t20-,23?/m0/s1. The zero-order chi connectivity index (χ0) is 30.2. The summed E-state index contributed by atoms with van der Waals surface area (Å²) in [6, 6.07) is 17.7. The second-order valence-electron chi connectivity index (χ2n) is 10.3. The van der Waals surface area contributed by atoms with Crippen molar-refractivity contribution >= 4 is 35.1 Å². The van der Waals surface area contributed by atoms with Gasteiger partial charge in [-0.05, 0) is 84.3 Å². The van der Waals surface area contributed by atoms with Crippen LogP contribution in [0.25, 0.3) is 0 Å². The first-order chi connectivity index (χ1) is 20.1. The summed E-state index contributed by atoms with van der Waals surface area (Å²) < 4.78 is 18.8. The summed E-state index contributed by atoms with van der Waals surface area (Å²) in [7, 11) is 1.55. The van der Waals surface area contributed by atoms with Gasteiger partial charge >= 0.3 is 5.97 Å². The molecule has 0 radical (unpaired) electrons. The second-order valence-corrected chi connectivity index (χ2v) is 10.8. The number of benzene rings is 3. The molecule has 42 heavy (non-hydrogen) atoms. The van der Waals surface area contributed by atoms with Crippen LogP contribution < -0.4 is 9.57 Å². The van der Waals surface area contributed by atoms with E-state index in [-0.39, 0.29) is 37.1 Å². The smallest absolute Gasteiger partial charge is 0.307 e. The molecule has 1 unspecified atom stereocenters. The highest BCUT2D eigenvalue weighted by Gasteiger charge is 2.34. The van der Waals surface area contributed by atoms with E-state index < -0.39 is 17.7 Å². The van der Waals surface area contributed by atoms with Gasteiger partial charge in [0.1, 0.15) is 11.6 Å². The number of rotatable bonds is 10. The number of amides is 2. The van der Waals surface area contributed by atoms with Crippen molar-refractivity contribution in [2.24, 2.45) is 11.1 Å². The molecule has 0 spiro atoms. The minimum Gasteiger partial charge on any atom is -0.496 e. The fourth-order valence-electron chi connectivity index (χ4n) is 4.91. The van der Waals surface area contributed by atoms with E-state index in [1.807, 2.05) is 6.92 Å². The molecule has 0 saturated carbocycles. The maximum atomic E-state index is 13.8. The number of ether oxygens (including phenoxy) is 1. The predicted molar refractivity (Wildman–Crippen MR) is 156 cm³/mol. The van der Waals surface area contributed by atoms with Crippen molar-refractivity contribution in [2.45, 2.75) is 44.9 Å². The molecule has 1 saturated heterocycles. The van der Waals surface area contributed by atoms with Crippen molar-refractivity contribution < 1.29 is 33.5 Å². The van der Waals surface area contributed by atoms with Crippen molar-refractivity contribution in [3.05, 3.63) is 94.3 Å². The van der Waals surface area contributed by atoms with Gasteiger partial charge in [0.25, 0.3) is 0 Å². The van der Waals surface area contributed by atoms with E-state index in [0.29, 0.717) is 47.1 Å². The van der Waals surface area contributed by atoms with E-state index >= 15 is 0 Å². The zero-order valence-electron chi connectivity index (χ0n) is 23.4. The molecular formula is C32H32ClFN2O6. The topological polar surface area (TPSA) is 106 Å². The Kier molecular flexibility index (Phi) is 10.3. The minimum absolute atomic E-state index is 0.0354. The molecule has 0 aromatic heterocycles. The SMILES string of the molecule is COc1ccc(Cl)cc1CC1CC/C(=N\Oc2ccc(F)cc2)CN(C(=O)C[C@H](C)c2ccc(CC(=O)O)cc2)C1=O. The number of hydrogen-bond donors (Lipinski definition) is 1. The molecule has 1 fully saturated rings. The molecule has 10 heteroatoms. The van der Waals surface area contributed by atoms with Gasteiger partial charge in [-0.25, -0.2) is 4.39 Å². The van der Waals surface area contributed by atoms with Crippen molar-refractivity contribution in [1.82, 2.24) is 4.90 Å². The Labute approximate surface area is 248 Å². The maximum absolute atomic E-state index is 13.8. The average Bonchev–Trinajstić information content (AvgIpc) is 3.11. The largest absolute Gasteiger partial charge is 0.496 e. The van der Waals surface area contributed by atoms with Gasteiger partial charge in [-0.3, -0.25) is 19.3 Å². The number of carbonyl (C=O) groups excluding carboxylic acids is 2. The zero-order valence-corrected chi connectivity index (χ0v) is 24.1. The number of carbonyl (C=O) groups is 3. The lowest BCUT2D eigenvalue weighted by Gasteiger charge is -2.24. The lowest BCUT2D eigenvalue weighted by atomic mass is 9.92. The Hall–Kier alpha value is -4.24. The number of hydrogen-bond acceptors (Lipinski definition) is 6. The number of aliphatic carboxylic acids is 1. The summed E-state index contributed by atoms with van der Waals surface area (Å²) in [6.45, 7) is 1.85. The quantitative estimate of drug-likeness (QED) is 0.286. The van der Waals surface area contributed by atoms with Crippen LogP contribution in [0.1, 0.15) is 48.8 Å². The van der Waals surface area contributed by atoms with Crippen LogP contribution in [0.2, 0.25) is 5.02 Å². The number of methoxy groups -OCH3 is 1. The van der Waals surface area contributed by atoms with Gasteiger partial charge in [-0.1, -0.05) is 47.9 Å². The number of halogens is 2. The summed E-state index contributed by atoms with van der Waals surface area (Å²) >= 11 is 6.23. The molecule has 4 rings (SSSR count). The number of oxime groups is 1. The van der Waals surface area contributed by atoms with Crippen molar-refractivity contribution in [1.29, 1.82) is 0 Å². The van der Waals surface area contributed by atoms with E-state index in [1.54, 1.807) is 49.6 Å². The summed E-state index contributed by atoms with van der Waals surface area (Å²) in [4.78, 5) is 45.2. The Morgan fingerprint density at radius 1 is 1.12 bits per heavy atom. The number of nitrogens with zero attached hydrogens (tertiary/aromatic N) is 2. The normalized spacial score (nSPS) is 17.0. The average molecular weight is 595 g/mol. The first-order valence-electron chi connectivity index (χ1n) is 13.6. The van der Waals surface area contributed by atoms with Crippen LogP contribution in [0.3, 0.4) is 0 Å². The number of imide groups is 1. The predicted octanol–water partition coefficient (Wildman–Crippen LogP) is 6.05. The van der Waals surface area contributed by atoms with Gasteiger partial charge in [0.05, 0.1) is 25.8 Å². The van der Waals surface area contributed by atoms with Crippen molar-refractivity contribution in [3.63, 3.8) is 0 Å². The third-order valence-corrected chi connectivity index (χ3v) is 7.46. The Bertz CT molecular complexity index is 1460. The molecule has 2 atom stereocenters. The monoisotopic (exact) mass is 594 g/mol. The molecule has 0 aliphatic carbocycles. The molecule has 1 N–H and O–H groups in total. The van der Waals surface area contributed by atoms with E-state index in [4.69, 9.17) is 26.3 Å². The van der Waals surface area contributed by atoms with E-state index in [1.165, 1.54) is 29.2 Å². The Balaban J connectivity index is 1.56. The van der Waals surface area contributed by atoms with Crippen molar-refractivity contribution in [2.75, 3.05) is 13.7 Å². The minimum atomic E-state index is -0.920. The fraction of sp³-hybridized carbons (Fsp3) is 0.312. The summed E-state index contributed by atoms with van der Waals surface area (Å²) in [6.07, 6.45) is 1.12. The van der Waals surface area contributed by atoms with E-state index in [0.717, 1.165) is 11.1 Å². The molecule has 1 aliphatic heterocycles. The van der Waals surface area contributed by atoms with Gasteiger partial charge in [0.2, 0.25) is 11.8 Å². The molecule has 3 aromatic carbocycles. The Morgan fingerprint density at radius 3 is 2.50 bits per heavy atom. The van der Waals surface area contributed by atoms with Crippen LogP contribution in [0, 0.1) is 11.7 Å². The number of carboxylic acid groups (broad SMARTS) is 1. The van der Waals surface area contributed by atoms with Gasteiger partial charge in [0, 0.05) is 17.4 Å². The Morgan fingerprint density at radius 2 is 1.83 bits per heavy atom. The van der Waals surface area contributed by atoms with Crippen LogP contribution in [-0.4, -0.2) is 47.2 Å². The van der Waals surface area contributed by atoms with Crippen LogP contribution in [-0.2, 0) is 27.2 Å². The van der Waals surface area contributed by atoms with E-state index in [9.17, 15) is 18.8 Å². The molecule has 1 aliphatic rings. The molecular weight excluding hydrogens is 563 g/mol. The first kappa shape index (κ1) is 30.7. The number of carboxylic acids is 1. The number of likely N-dealkylation sites (tertiary alicyclic amines) is 1. The third-order valence-electron chi connectivity index (χ3n) is 7.23. The van der Waals surface area contributed by atoms with Crippen LogP contribution in [0.15, 0.2) is 71.9 Å². The van der Waals surface area contributed by atoms with Crippen molar-refractivity contribution in [3.8, 4) is 11.5 Å². The van der Waals surface area contributed by atoms with Gasteiger partial charge in [-0.15, -0.1) is 0 Å². The van der Waals surface area contributed by atoms with Gasteiger partial charge in [0.15, 0.2) is 5.75 Å². The highest BCUT2D eigenvalue weighted by Crippen LogP contribution is 2.30. The van der Waals surface area contributed by atoms with Crippen LogP contribution in [0.5, 0.6) is 11.5 Å². The molecule has 3 aromatic rings. The second kappa shape index (κ2) is 14.1. The highest BCUT2D eigenvalue weighted by atomic mass is 35.5. The molecule has 2 amide bonds. The molecule has 0 bridgehead atoms. The third kappa shape index (κ3) is 8.16. The highest BCUT2D eigenvalue weighted by molar-refractivity contribution is 6.30. The van der Waals surface area contributed by atoms with Crippen LogP contribution in [0.4, 0.5) is 4.39 Å². The summed E-state index contributed by atoms with van der Waals surface area (Å²) in [5, 5.41) is 13.8. The maximum Gasteiger partial charge on any atom is 0.307 e. The lowest BCUT2D eigenvalue weighted by molar-refractivity contribution is -0.146. The fourth-order valence-corrected chi connectivity index (χ4v) is 5.11. The molecule has 1 heterocycles. The van der Waals surface area contributed by atoms with Gasteiger partial charge in [-0.2, -0.15) is 0 Å². The lowest BCUT2D eigenvalue weighted by Crippen LogP contribution is -2.42. The summed E-state index contributed by atoms with van der Waals surface area (Å²) in [5.41, 5.74) is 2.78. The summed E-state index contributed by atoms with van der Waals surface area (Å²) in [5.74, 6) is -1.84. The van der Waals surface area contributed by atoms with Gasteiger partial charge < -0.3 is 14.7 Å².